The van der Waals surface area contributed by atoms with E-state index in [4.69, 9.17) is 5.10 Å². The highest BCUT2D eigenvalue weighted by Gasteiger charge is 2.55. The van der Waals surface area contributed by atoms with Gasteiger partial charge in [0.05, 0.1) is 5.60 Å². The Kier molecular flexibility index (Phi) is 5.60. The second kappa shape index (κ2) is 8.37. The van der Waals surface area contributed by atoms with Crippen LogP contribution in [0.3, 0.4) is 0 Å². The molecule has 3 atom stereocenters. The van der Waals surface area contributed by atoms with Crippen molar-refractivity contribution < 1.29 is 9.90 Å². The molecular weight excluding hydrogens is 412 g/mol. The molecule has 6 nitrogen and oxygen atoms in total. The first-order valence-corrected chi connectivity index (χ1v) is 13.7. The fourth-order valence-electron chi connectivity index (χ4n) is 8.50. The standard InChI is InChI=1S/C27H42N4O2/c1-30(2)26(32)25-22-12-21(8-9-23(22)31(29-25)16-17-6-4-3-5-7-17)28-24-19-10-18-11-20(24)15-27(33,13-18)14-19/h17-21,24,28,33H,3-16H2,1-2H3. The van der Waals surface area contributed by atoms with Gasteiger partial charge in [0.25, 0.3) is 5.91 Å². The first kappa shape index (κ1) is 22.1. The number of hydrogen-bond acceptors (Lipinski definition) is 4. The van der Waals surface area contributed by atoms with Crippen LogP contribution in [-0.4, -0.2) is 57.5 Å². The second-order valence-corrected chi connectivity index (χ2v) is 12.5. The Balaban J connectivity index is 1.21. The van der Waals surface area contributed by atoms with Crippen LogP contribution in [0.5, 0.6) is 0 Å². The third-order valence-electron chi connectivity index (χ3n) is 9.78. The van der Waals surface area contributed by atoms with Gasteiger partial charge in [0.15, 0.2) is 5.69 Å². The average Bonchev–Trinajstić information content (AvgIpc) is 3.12. The quantitative estimate of drug-likeness (QED) is 0.714. The maximum atomic E-state index is 13.1. The van der Waals surface area contributed by atoms with E-state index in [1.165, 1.54) is 56.2 Å². The molecule has 4 bridgehead atoms. The lowest BCUT2D eigenvalue weighted by molar-refractivity contribution is -0.140. The van der Waals surface area contributed by atoms with Gasteiger partial charge in [0.2, 0.25) is 0 Å². The summed E-state index contributed by atoms with van der Waals surface area (Å²) in [6, 6.07) is 0.953. The number of aromatic nitrogens is 2. The van der Waals surface area contributed by atoms with Crippen molar-refractivity contribution in [2.45, 2.75) is 108 Å². The zero-order valence-electron chi connectivity index (χ0n) is 20.6. The van der Waals surface area contributed by atoms with Gasteiger partial charge in [-0.3, -0.25) is 9.48 Å². The maximum absolute atomic E-state index is 13.1. The molecule has 5 fully saturated rings. The molecule has 1 heterocycles. The van der Waals surface area contributed by atoms with Crippen molar-refractivity contribution in [3.8, 4) is 0 Å². The summed E-state index contributed by atoms with van der Waals surface area (Å²) in [7, 11) is 3.68. The van der Waals surface area contributed by atoms with Gasteiger partial charge in [-0.05, 0) is 87.9 Å². The zero-order chi connectivity index (χ0) is 22.7. The van der Waals surface area contributed by atoms with Gasteiger partial charge in [0, 0.05) is 44.0 Å². The Labute approximate surface area is 198 Å². The summed E-state index contributed by atoms with van der Waals surface area (Å²) >= 11 is 0. The summed E-state index contributed by atoms with van der Waals surface area (Å²) in [5, 5.41) is 20.0. The number of hydrogen-bond donors (Lipinski definition) is 2. The van der Waals surface area contributed by atoms with Crippen molar-refractivity contribution in [3.63, 3.8) is 0 Å². The summed E-state index contributed by atoms with van der Waals surface area (Å²) in [5.41, 5.74) is 2.84. The molecule has 6 aliphatic carbocycles. The van der Waals surface area contributed by atoms with Crippen molar-refractivity contribution in [1.82, 2.24) is 20.0 Å². The predicted molar refractivity (Wildman–Crippen MR) is 128 cm³/mol. The Bertz CT molecular complexity index is 886. The molecule has 1 aromatic rings. The van der Waals surface area contributed by atoms with Crippen LogP contribution >= 0.6 is 0 Å². The van der Waals surface area contributed by atoms with Gasteiger partial charge < -0.3 is 15.3 Å². The number of amides is 1. The molecule has 0 aliphatic heterocycles. The largest absolute Gasteiger partial charge is 0.390 e. The molecule has 33 heavy (non-hydrogen) atoms. The molecule has 5 saturated carbocycles. The molecule has 1 aromatic heterocycles. The fraction of sp³-hybridized carbons (Fsp3) is 0.852. The highest BCUT2D eigenvalue weighted by molar-refractivity contribution is 5.93. The molecule has 0 aromatic carbocycles. The van der Waals surface area contributed by atoms with E-state index in [-0.39, 0.29) is 11.5 Å². The summed E-state index contributed by atoms with van der Waals surface area (Å²) in [6.07, 6.45) is 15.3. The lowest BCUT2D eigenvalue weighted by atomic mass is 9.52. The Morgan fingerprint density at radius 3 is 2.52 bits per heavy atom. The Morgan fingerprint density at radius 1 is 1.12 bits per heavy atom. The molecule has 7 rings (SSSR count). The molecule has 6 heteroatoms. The van der Waals surface area contributed by atoms with Crippen molar-refractivity contribution >= 4 is 5.91 Å². The van der Waals surface area contributed by atoms with Gasteiger partial charge in [-0.2, -0.15) is 5.10 Å². The zero-order valence-corrected chi connectivity index (χ0v) is 20.6. The van der Waals surface area contributed by atoms with Gasteiger partial charge in [-0.25, -0.2) is 0 Å². The van der Waals surface area contributed by atoms with Crippen LogP contribution in [0.1, 0.15) is 92.4 Å². The Morgan fingerprint density at radius 2 is 1.85 bits per heavy atom. The van der Waals surface area contributed by atoms with E-state index in [0.717, 1.165) is 51.0 Å². The molecule has 0 radical (unpaired) electrons. The van der Waals surface area contributed by atoms with Crippen molar-refractivity contribution in [2.24, 2.45) is 23.7 Å². The summed E-state index contributed by atoms with van der Waals surface area (Å²) in [5.74, 6) is 2.75. The normalized spacial score (nSPS) is 37.8. The van der Waals surface area contributed by atoms with Crippen LogP contribution in [0, 0.1) is 23.7 Å². The van der Waals surface area contributed by atoms with Crippen molar-refractivity contribution in [2.75, 3.05) is 14.1 Å². The van der Waals surface area contributed by atoms with Crippen LogP contribution in [0.25, 0.3) is 0 Å². The summed E-state index contributed by atoms with van der Waals surface area (Å²) in [6.45, 7) is 0.980. The van der Waals surface area contributed by atoms with Crippen LogP contribution in [-0.2, 0) is 19.4 Å². The molecule has 1 amide bonds. The van der Waals surface area contributed by atoms with Gasteiger partial charge in [0.1, 0.15) is 0 Å². The number of fused-ring (bicyclic) bond motifs is 1. The molecule has 0 saturated heterocycles. The van der Waals surface area contributed by atoms with Crippen molar-refractivity contribution in [1.29, 1.82) is 0 Å². The van der Waals surface area contributed by atoms with Crippen LogP contribution in [0.15, 0.2) is 0 Å². The van der Waals surface area contributed by atoms with E-state index in [0.29, 0.717) is 35.5 Å². The predicted octanol–water partition coefficient (Wildman–Crippen LogP) is 3.55. The lowest BCUT2D eigenvalue weighted by Crippen LogP contribution is -2.62. The van der Waals surface area contributed by atoms with Gasteiger partial charge >= 0.3 is 0 Å². The van der Waals surface area contributed by atoms with E-state index in [1.54, 1.807) is 4.90 Å². The highest BCUT2D eigenvalue weighted by Crippen LogP contribution is 2.55. The van der Waals surface area contributed by atoms with Crippen molar-refractivity contribution in [3.05, 3.63) is 17.0 Å². The summed E-state index contributed by atoms with van der Waals surface area (Å²) < 4.78 is 2.22. The van der Waals surface area contributed by atoms with Gasteiger partial charge in [-0.1, -0.05) is 19.3 Å². The minimum Gasteiger partial charge on any atom is -0.390 e. The number of carbonyl (C=O) groups is 1. The first-order valence-electron chi connectivity index (χ1n) is 13.7. The van der Waals surface area contributed by atoms with E-state index in [9.17, 15) is 9.90 Å². The van der Waals surface area contributed by atoms with Crippen LogP contribution in [0.4, 0.5) is 0 Å². The van der Waals surface area contributed by atoms with E-state index >= 15 is 0 Å². The topological polar surface area (TPSA) is 70.4 Å². The summed E-state index contributed by atoms with van der Waals surface area (Å²) in [4.78, 5) is 14.7. The number of carbonyl (C=O) groups excluding carboxylic acids is 1. The monoisotopic (exact) mass is 454 g/mol. The Hall–Kier alpha value is -1.40. The first-order chi connectivity index (χ1) is 15.9. The molecule has 182 valence electrons. The van der Waals surface area contributed by atoms with Crippen LogP contribution in [0.2, 0.25) is 0 Å². The minimum atomic E-state index is -0.375. The van der Waals surface area contributed by atoms with E-state index in [2.05, 4.69) is 10.00 Å². The average molecular weight is 455 g/mol. The highest BCUT2D eigenvalue weighted by atomic mass is 16.3. The number of nitrogens with one attached hydrogen (secondary N) is 1. The van der Waals surface area contributed by atoms with Crippen LogP contribution < -0.4 is 5.32 Å². The number of aliphatic hydroxyl groups is 1. The molecule has 3 unspecified atom stereocenters. The fourth-order valence-corrected chi connectivity index (χ4v) is 8.50. The van der Waals surface area contributed by atoms with Gasteiger partial charge in [-0.15, -0.1) is 0 Å². The third-order valence-corrected chi connectivity index (χ3v) is 9.78. The van der Waals surface area contributed by atoms with E-state index < -0.39 is 0 Å². The number of rotatable bonds is 5. The molecular formula is C27H42N4O2. The lowest BCUT2D eigenvalue weighted by Gasteiger charge is -2.58. The smallest absolute Gasteiger partial charge is 0.274 e. The SMILES string of the molecule is CN(C)C(=O)c1nn(CC2CCCCC2)c2c1CC(NC1C3CC4CC1CC(O)(C4)C3)CC2. The number of nitrogens with zero attached hydrogens (tertiary/aromatic N) is 3. The minimum absolute atomic E-state index is 0.0474. The molecule has 6 aliphatic rings. The van der Waals surface area contributed by atoms with E-state index in [1.807, 2.05) is 14.1 Å². The second-order valence-electron chi connectivity index (χ2n) is 12.5. The molecule has 0 spiro atoms. The third kappa shape index (κ3) is 4.05. The maximum Gasteiger partial charge on any atom is 0.274 e. The molecule has 2 N–H and O–H groups in total.